The minimum Gasteiger partial charge on any atom is -0.356 e. The van der Waals surface area contributed by atoms with Crippen LogP contribution in [0.3, 0.4) is 0 Å². The summed E-state index contributed by atoms with van der Waals surface area (Å²) in [5.74, 6) is 1.68. The van der Waals surface area contributed by atoms with E-state index in [0.717, 1.165) is 48.2 Å². The van der Waals surface area contributed by atoms with E-state index in [-0.39, 0.29) is 5.91 Å². The molecular formula is C21H27N3O. The number of aromatic nitrogens is 1. The standard InChI is InChI=1S/C21H27N3O/c1-15-7-6-12-24(14-15)20-13-18(17-10-4-5-11-19(17)23-20)21(25)22-16-8-2-3-9-16/h4-5,10-11,13,15-16H,2-3,6-9,12,14H2,1H3,(H,22,25). The number of hydrogen-bond acceptors (Lipinski definition) is 3. The van der Waals surface area contributed by atoms with Crippen molar-refractivity contribution in [3.63, 3.8) is 0 Å². The summed E-state index contributed by atoms with van der Waals surface area (Å²) in [4.78, 5) is 20.2. The molecule has 1 amide bonds. The van der Waals surface area contributed by atoms with Gasteiger partial charge in [0.2, 0.25) is 0 Å². The van der Waals surface area contributed by atoms with Crippen molar-refractivity contribution >= 4 is 22.6 Å². The summed E-state index contributed by atoms with van der Waals surface area (Å²) < 4.78 is 0. The van der Waals surface area contributed by atoms with E-state index in [1.165, 1.54) is 25.7 Å². The van der Waals surface area contributed by atoms with E-state index in [2.05, 4.69) is 17.1 Å². The third-order valence-electron chi connectivity index (χ3n) is 5.62. The predicted octanol–water partition coefficient (Wildman–Crippen LogP) is 4.14. The number of para-hydroxylation sites is 1. The normalized spacial score (nSPS) is 21.6. The number of pyridine rings is 1. The zero-order valence-electron chi connectivity index (χ0n) is 15.0. The maximum absolute atomic E-state index is 13.0. The summed E-state index contributed by atoms with van der Waals surface area (Å²) in [5.41, 5.74) is 1.68. The highest BCUT2D eigenvalue weighted by Gasteiger charge is 2.23. The molecule has 2 fully saturated rings. The van der Waals surface area contributed by atoms with Crippen LogP contribution in [0, 0.1) is 5.92 Å². The smallest absolute Gasteiger partial charge is 0.252 e. The maximum Gasteiger partial charge on any atom is 0.252 e. The molecule has 1 aromatic heterocycles. The van der Waals surface area contributed by atoms with Gasteiger partial charge in [0.25, 0.3) is 5.91 Å². The molecule has 4 nitrogen and oxygen atoms in total. The molecule has 1 aliphatic heterocycles. The maximum atomic E-state index is 13.0. The SMILES string of the molecule is CC1CCCN(c2cc(C(=O)NC3CCCC3)c3ccccc3n2)C1. The van der Waals surface area contributed by atoms with E-state index in [1.807, 2.05) is 30.3 Å². The van der Waals surface area contributed by atoms with Crippen molar-refractivity contribution in [2.45, 2.75) is 51.5 Å². The first-order valence-electron chi connectivity index (χ1n) is 9.66. The van der Waals surface area contributed by atoms with Crippen molar-refractivity contribution < 1.29 is 4.79 Å². The zero-order chi connectivity index (χ0) is 17.2. The van der Waals surface area contributed by atoms with Gasteiger partial charge in [0.05, 0.1) is 11.1 Å². The Labute approximate surface area is 149 Å². The van der Waals surface area contributed by atoms with Crippen LogP contribution in [-0.4, -0.2) is 30.0 Å². The van der Waals surface area contributed by atoms with Crippen LogP contribution in [0.4, 0.5) is 5.82 Å². The molecule has 4 heteroatoms. The minimum absolute atomic E-state index is 0.0526. The predicted molar refractivity (Wildman–Crippen MR) is 102 cm³/mol. The molecule has 4 rings (SSSR count). The summed E-state index contributed by atoms with van der Waals surface area (Å²) in [6.07, 6.45) is 7.12. The molecule has 1 atom stereocenters. The van der Waals surface area contributed by atoms with Gasteiger partial charge in [-0.05, 0) is 43.7 Å². The lowest BCUT2D eigenvalue weighted by Gasteiger charge is -2.32. The van der Waals surface area contributed by atoms with Crippen molar-refractivity contribution in [1.29, 1.82) is 0 Å². The lowest BCUT2D eigenvalue weighted by Crippen LogP contribution is -2.36. The van der Waals surface area contributed by atoms with E-state index in [4.69, 9.17) is 4.98 Å². The quantitative estimate of drug-likeness (QED) is 0.915. The molecule has 1 N–H and O–H groups in total. The molecule has 1 unspecified atom stereocenters. The Kier molecular flexibility index (Phi) is 4.60. The Morgan fingerprint density at radius 2 is 1.96 bits per heavy atom. The third-order valence-corrected chi connectivity index (χ3v) is 5.62. The van der Waals surface area contributed by atoms with Crippen molar-refractivity contribution in [2.75, 3.05) is 18.0 Å². The molecule has 1 aromatic carbocycles. The summed E-state index contributed by atoms with van der Waals surface area (Å²) in [6.45, 7) is 4.34. The lowest BCUT2D eigenvalue weighted by molar-refractivity contribution is 0.0939. The van der Waals surface area contributed by atoms with Crippen LogP contribution in [0.15, 0.2) is 30.3 Å². The highest BCUT2D eigenvalue weighted by atomic mass is 16.1. The second-order valence-electron chi connectivity index (χ2n) is 7.69. The van der Waals surface area contributed by atoms with Crippen LogP contribution in [0.1, 0.15) is 55.8 Å². The van der Waals surface area contributed by atoms with Crippen molar-refractivity contribution in [3.05, 3.63) is 35.9 Å². The van der Waals surface area contributed by atoms with Gasteiger partial charge in [0, 0.05) is 24.5 Å². The third kappa shape index (κ3) is 3.48. The van der Waals surface area contributed by atoms with Crippen molar-refractivity contribution in [1.82, 2.24) is 10.3 Å². The van der Waals surface area contributed by atoms with Crippen molar-refractivity contribution in [3.8, 4) is 0 Å². The molecular weight excluding hydrogens is 310 g/mol. The molecule has 2 heterocycles. The molecule has 1 saturated heterocycles. The highest BCUT2D eigenvalue weighted by molar-refractivity contribution is 6.07. The van der Waals surface area contributed by atoms with Gasteiger partial charge < -0.3 is 10.2 Å². The van der Waals surface area contributed by atoms with Gasteiger partial charge in [-0.3, -0.25) is 4.79 Å². The Bertz CT molecular complexity index is 767. The Hall–Kier alpha value is -2.10. The number of nitrogens with zero attached hydrogens (tertiary/aromatic N) is 2. The summed E-state index contributed by atoms with van der Waals surface area (Å²) in [7, 11) is 0. The average molecular weight is 337 g/mol. The Morgan fingerprint density at radius 1 is 1.16 bits per heavy atom. The molecule has 1 saturated carbocycles. The van der Waals surface area contributed by atoms with Gasteiger partial charge in [-0.15, -0.1) is 0 Å². The molecule has 0 bridgehead atoms. The fourth-order valence-electron chi connectivity index (χ4n) is 4.24. The number of carbonyl (C=O) groups excluding carboxylic acids is 1. The first-order chi connectivity index (χ1) is 12.2. The molecule has 25 heavy (non-hydrogen) atoms. The molecule has 132 valence electrons. The van der Waals surface area contributed by atoms with E-state index >= 15 is 0 Å². The van der Waals surface area contributed by atoms with Crippen LogP contribution in [0.5, 0.6) is 0 Å². The number of fused-ring (bicyclic) bond motifs is 1. The second kappa shape index (κ2) is 7.03. The summed E-state index contributed by atoms with van der Waals surface area (Å²) >= 11 is 0. The number of amides is 1. The van der Waals surface area contributed by atoms with Gasteiger partial charge >= 0.3 is 0 Å². The number of piperidine rings is 1. The molecule has 0 spiro atoms. The van der Waals surface area contributed by atoms with E-state index in [1.54, 1.807) is 0 Å². The van der Waals surface area contributed by atoms with Crippen molar-refractivity contribution in [2.24, 2.45) is 5.92 Å². The fourth-order valence-corrected chi connectivity index (χ4v) is 4.24. The second-order valence-corrected chi connectivity index (χ2v) is 7.69. The summed E-state index contributed by atoms with van der Waals surface area (Å²) in [5, 5.41) is 4.19. The van der Waals surface area contributed by atoms with Crippen LogP contribution in [-0.2, 0) is 0 Å². The number of rotatable bonds is 3. The van der Waals surface area contributed by atoms with Crippen LogP contribution < -0.4 is 10.2 Å². The number of nitrogens with one attached hydrogen (secondary N) is 1. The number of carbonyl (C=O) groups is 1. The summed E-state index contributed by atoms with van der Waals surface area (Å²) in [6, 6.07) is 10.3. The van der Waals surface area contributed by atoms with E-state index in [9.17, 15) is 4.79 Å². The van der Waals surface area contributed by atoms with Gasteiger partial charge in [0.1, 0.15) is 5.82 Å². The van der Waals surface area contributed by atoms with Gasteiger partial charge in [-0.25, -0.2) is 4.98 Å². The molecule has 1 aliphatic carbocycles. The van der Waals surface area contributed by atoms with Gasteiger partial charge in [-0.1, -0.05) is 38.0 Å². The van der Waals surface area contributed by atoms with Crippen LogP contribution >= 0.6 is 0 Å². The molecule has 2 aromatic rings. The number of hydrogen-bond donors (Lipinski definition) is 1. The fraction of sp³-hybridized carbons (Fsp3) is 0.524. The topological polar surface area (TPSA) is 45.2 Å². The number of anilines is 1. The monoisotopic (exact) mass is 337 g/mol. The lowest BCUT2D eigenvalue weighted by atomic mass is 10.00. The van der Waals surface area contributed by atoms with Gasteiger partial charge in [-0.2, -0.15) is 0 Å². The van der Waals surface area contributed by atoms with Gasteiger partial charge in [0.15, 0.2) is 0 Å². The first kappa shape index (κ1) is 16.4. The van der Waals surface area contributed by atoms with Crippen LogP contribution in [0.2, 0.25) is 0 Å². The average Bonchev–Trinajstić information content (AvgIpc) is 3.13. The molecule has 0 radical (unpaired) electrons. The Balaban J connectivity index is 1.69. The Morgan fingerprint density at radius 3 is 2.76 bits per heavy atom. The number of benzene rings is 1. The minimum atomic E-state index is 0.0526. The first-order valence-corrected chi connectivity index (χ1v) is 9.66. The molecule has 2 aliphatic rings. The largest absolute Gasteiger partial charge is 0.356 e. The zero-order valence-corrected chi connectivity index (χ0v) is 15.0. The highest BCUT2D eigenvalue weighted by Crippen LogP contribution is 2.27. The van der Waals surface area contributed by atoms with E-state index < -0.39 is 0 Å². The van der Waals surface area contributed by atoms with E-state index in [0.29, 0.717) is 12.0 Å². The van der Waals surface area contributed by atoms with Crippen LogP contribution in [0.25, 0.3) is 10.9 Å².